The van der Waals surface area contributed by atoms with Crippen LogP contribution in [-0.2, 0) is 25.6 Å². The van der Waals surface area contributed by atoms with E-state index >= 15 is 0 Å². The standard InChI is InChI=1S/C16H22F3NO4S/c1-2-3-4-5-9-12-20(24-25(22,23)16(17,18)19)15(21)13-14-10-7-6-8-11-14/h6-8,10-11H,2-5,9,12-13H2,1H3. The lowest BCUT2D eigenvalue weighted by atomic mass is 10.1. The van der Waals surface area contributed by atoms with Crippen molar-refractivity contribution < 1.29 is 30.7 Å². The first-order chi connectivity index (χ1) is 11.7. The molecule has 1 aromatic rings. The molecule has 0 spiro atoms. The predicted molar refractivity (Wildman–Crippen MR) is 86.7 cm³/mol. The minimum Gasteiger partial charge on any atom is -0.272 e. The number of halogens is 3. The van der Waals surface area contributed by atoms with E-state index in [-0.39, 0.29) is 13.0 Å². The summed E-state index contributed by atoms with van der Waals surface area (Å²) in [5.74, 6) is -0.838. The summed E-state index contributed by atoms with van der Waals surface area (Å²) in [6, 6.07) is 8.31. The summed E-state index contributed by atoms with van der Waals surface area (Å²) in [5, 5.41) is 0.307. The molecule has 0 aliphatic rings. The predicted octanol–water partition coefficient (Wildman–Crippen LogP) is 3.81. The van der Waals surface area contributed by atoms with Gasteiger partial charge in [-0.25, -0.2) is 5.06 Å². The molecule has 0 aliphatic carbocycles. The largest absolute Gasteiger partial charge is 0.525 e. The monoisotopic (exact) mass is 381 g/mol. The molecule has 0 saturated heterocycles. The topological polar surface area (TPSA) is 63.7 Å². The number of unbranched alkanes of at least 4 members (excludes halogenated alkanes) is 4. The van der Waals surface area contributed by atoms with Crippen LogP contribution in [0.2, 0.25) is 0 Å². The second-order valence-corrected chi connectivity index (χ2v) is 7.07. The first-order valence-electron chi connectivity index (χ1n) is 8.02. The van der Waals surface area contributed by atoms with Gasteiger partial charge in [0, 0.05) is 0 Å². The molecule has 1 aromatic carbocycles. The average molecular weight is 381 g/mol. The Morgan fingerprint density at radius 2 is 1.68 bits per heavy atom. The maximum atomic E-state index is 12.5. The summed E-state index contributed by atoms with van der Waals surface area (Å²) in [7, 11) is -5.88. The van der Waals surface area contributed by atoms with Gasteiger partial charge in [-0.05, 0) is 12.0 Å². The van der Waals surface area contributed by atoms with Gasteiger partial charge in [0.2, 0.25) is 0 Å². The number of hydrogen-bond acceptors (Lipinski definition) is 4. The van der Waals surface area contributed by atoms with Crippen LogP contribution >= 0.6 is 0 Å². The van der Waals surface area contributed by atoms with Crippen LogP contribution in [0.3, 0.4) is 0 Å². The molecular formula is C16H22F3NO4S. The van der Waals surface area contributed by atoms with E-state index in [1.54, 1.807) is 30.3 Å². The van der Waals surface area contributed by atoms with Crippen LogP contribution in [-0.4, -0.2) is 31.4 Å². The van der Waals surface area contributed by atoms with Gasteiger partial charge in [0.25, 0.3) is 5.91 Å². The van der Waals surface area contributed by atoms with Crippen LogP contribution < -0.4 is 0 Å². The smallest absolute Gasteiger partial charge is 0.272 e. The summed E-state index contributed by atoms with van der Waals surface area (Å²) >= 11 is 0. The number of alkyl halides is 3. The molecule has 0 unspecified atom stereocenters. The molecule has 0 fully saturated rings. The first kappa shape index (κ1) is 21.4. The van der Waals surface area contributed by atoms with E-state index in [0.717, 1.165) is 19.3 Å². The highest BCUT2D eigenvalue weighted by atomic mass is 32.2. The molecule has 1 amide bonds. The van der Waals surface area contributed by atoms with Crippen LogP contribution in [0.25, 0.3) is 0 Å². The Hall–Kier alpha value is -1.61. The zero-order chi connectivity index (χ0) is 18.9. The zero-order valence-corrected chi connectivity index (χ0v) is 14.8. The van der Waals surface area contributed by atoms with Crippen LogP contribution in [0.5, 0.6) is 0 Å². The third-order valence-corrected chi connectivity index (χ3v) is 4.36. The highest BCUT2D eigenvalue weighted by Gasteiger charge is 2.49. The van der Waals surface area contributed by atoms with Crippen molar-refractivity contribution in [2.24, 2.45) is 0 Å². The number of benzene rings is 1. The summed E-state index contributed by atoms with van der Waals surface area (Å²) in [6.45, 7) is 1.79. The van der Waals surface area contributed by atoms with Crippen molar-refractivity contribution in [2.45, 2.75) is 51.0 Å². The van der Waals surface area contributed by atoms with Gasteiger partial charge in [0.05, 0.1) is 13.0 Å². The van der Waals surface area contributed by atoms with Crippen molar-refractivity contribution in [1.29, 1.82) is 0 Å². The molecule has 25 heavy (non-hydrogen) atoms. The number of hydrogen-bond donors (Lipinski definition) is 0. The minimum atomic E-state index is -5.88. The Kier molecular flexibility index (Phi) is 8.37. The molecule has 9 heteroatoms. The normalized spacial score (nSPS) is 12.2. The molecule has 0 heterocycles. The Morgan fingerprint density at radius 3 is 2.24 bits per heavy atom. The van der Waals surface area contributed by atoms with Crippen LogP contribution in [0, 0.1) is 0 Å². The highest BCUT2D eigenvalue weighted by Crippen LogP contribution is 2.26. The average Bonchev–Trinajstić information content (AvgIpc) is 2.53. The molecule has 0 saturated carbocycles. The molecule has 5 nitrogen and oxygen atoms in total. The number of hydroxylamine groups is 2. The lowest BCUT2D eigenvalue weighted by Crippen LogP contribution is -2.39. The maximum Gasteiger partial charge on any atom is 0.525 e. The fraction of sp³-hybridized carbons (Fsp3) is 0.562. The second-order valence-electron chi connectivity index (χ2n) is 5.55. The van der Waals surface area contributed by atoms with Gasteiger partial charge in [-0.2, -0.15) is 21.6 Å². The molecular weight excluding hydrogens is 359 g/mol. The number of carbonyl (C=O) groups is 1. The Bertz CT molecular complexity index is 633. The van der Waals surface area contributed by atoms with Gasteiger partial charge >= 0.3 is 15.6 Å². The summed E-state index contributed by atoms with van der Waals surface area (Å²) < 4.78 is 64.1. The number of amides is 1. The van der Waals surface area contributed by atoms with Gasteiger partial charge < -0.3 is 0 Å². The SMILES string of the molecule is CCCCCCCN(OS(=O)(=O)C(F)(F)F)C(=O)Cc1ccccc1. The van der Waals surface area contributed by atoms with E-state index in [4.69, 9.17) is 0 Å². The first-order valence-corrected chi connectivity index (χ1v) is 9.43. The van der Waals surface area contributed by atoms with Crippen molar-refractivity contribution in [1.82, 2.24) is 5.06 Å². The van der Waals surface area contributed by atoms with Gasteiger partial charge in [0.15, 0.2) is 0 Å². The Balaban J connectivity index is 2.77. The van der Waals surface area contributed by atoms with Crippen molar-refractivity contribution in [3.63, 3.8) is 0 Å². The fourth-order valence-corrected chi connectivity index (χ4v) is 2.56. The second kappa shape index (κ2) is 9.76. The number of carbonyl (C=O) groups excluding carboxylic acids is 1. The Morgan fingerprint density at radius 1 is 1.08 bits per heavy atom. The van der Waals surface area contributed by atoms with Gasteiger partial charge in [-0.1, -0.05) is 62.9 Å². The van der Waals surface area contributed by atoms with Crippen LogP contribution in [0.1, 0.15) is 44.6 Å². The molecule has 142 valence electrons. The number of rotatable bonds is 10. The lowest BCUT2D eigenvalue weighted by molar-refractivity contribution is -0.160. The highest BCUT2D eigenvalue weighted by molar-refractivity contribution is 7.87. The fourth-order valence-electron chi connectivity index (χ4n) is 2.08. The zero-order valence-electron chi connectivity index (χ0n) is 14.0. The summed E-state index contributed by atoms with van der Waals surface area (Å²) in [6.07, 6.45) is 3.56. The maximum absolute atomic E-state index is 12.5. The third kappa shape index (κ3) is 7.43. The van der Waals surface area contributed by atoms with E-state index in [1.807, 2.05) is 6.92 Å². The van der Waals surface area contributed by atoms with Crippen molar-refractivity contribution in [3.8, 4) is 0 Å². The lowest BCUT2D eigenvalue weighted by Gasteiger charge is -2.21. The van der Waals surface area contributed by atoms with E-state index in [0.29, 0.717) is 23.5 Å². The summed E-state index contributed by atoms with van der Waals surface area (Å²) in [5.41, 5.74) is -5.03. The molecule has 1 rings (SSSR count). The van der Waals surface area contributed by atoms with Gasteiger partial charge in [-0.15, -0.1) is 4.28 Å². The summed E-state index contributed by atoms with van der Waals surface area (Å²) in [4.78, 5) is 12.2. The third-order valence-electron chi connectivity index (χ3n) is 3.41. The van der Waals surface area contributed by atoms with Crippen LogP contribution in [0.15, 0.2) is 30.3 Å². The van der Waals surface area contributed by atoms with E-state index in [1.165, 1.54) is 0 Å². The van der Waals surface area contributed by atoms with Crippen molar-refractivity contribution in [2.75, 3.05) is 6.54 Å². The van der Waals surface area contributed by atoms with Crippen molar-refractivity contribution >= 4 is 16.0 Å². The molecule has 0 N–H and O–H groups in total. The molecule has 0 radical (unpaired) electrons. The van der Waals surface area contributed by atoms with E-state index in [2.05, 4.69) is 4.28 Å². The van der Waals surface area contributed by atoms with E-state index in [9.17, 15) is 26.4 Å². The molecule has 0 aliphatic heterocycles. The quantitative estimate of drug-likeness (QED) is 0.351. The molecule has 0 bridgehead atoms. The Labute approximate surface area is 145 Å². The number of nitrogens with zero attached hydrogens (tertiary/aromatic N) is 1. The van der Waals surface area contributed by atoms with Crippen LogP contribution in [0.4, 0.5) is 13.2 Å². The minimum absolute atomic E-state index is 0.218. The van der Waals surface area contributed by atoms with E-state index < -0.39 is 21.5 Å². The van der Waals surface area contributed by atoms with Gasteiger partial charge in [-0.3, -0.25) is 4.79 Å². The molecule has 0 aromatic heterocycles. The van der Waals surface area contributed by atoms with Crippen molar-refractivity contribution in [3.05, 3.63) is 35.9 Å². The molecule has 0 atom stereocenters. The van der Waals surface area contributed by atoms with Gasteiger partial charge in [0.1, 0.15) is 0 Å².